The van der Waals surface area contributed by atoms with Gasteiger partial charge < -0.3 is 10.4 Å². The molecule has 1 aromatic rings. The lowest BCUT2D eigenvalue weighted by molar-refractivity contribution is -0.139. The summed E-state index contributed by atoms with van der Waals surface area (Å²) in [5.41, 5.74) is 2.29. The first-order chi connectivity index (χ1) is 6.68. The maximum absolute atomic E-state index is 10.8. The molecule has 0 saturated heterocycles. The van der Waals surface area contributed by atoms with Gasteiger partial charge in [-0.05, 0) is 23.6 Å². The maximum Gasteiger partial charge on any atom is 0.321 e. The summed E-state index contributed by atoms with van der Waals surface area (Å²) in [4.78, 5) is 10.8. The van der Waals surface area contributed by atoms with Gasteiger partial charge in [-0.1, -0.05) is 28.1 Å². The molecule has 1 aromatic carbocycles. The monoisotopic (exact) mass is 255 g/mol. The molecule has 14 heavy (non-hydrogen) atoms. The van der Waals surface area contributed by atoms with Gasteiger partial charge in [-0.25, -0.2) is 0 Å². The van der Waals surface area contributed by atoms with Crippen molar-refractivity contribution in [3.05, 3.63) is 33.8 Å². The Hall–Kier alpha value is -0.870. The molecule has 1 atom stereocenters. The molecule has 0 bridgehead atoms. The topological polar surface area (TPSA) is 49.3 Å². The number of carbonyl (C=O) groups is 1. The number of fused-ring (bicyclic) bond motifs is 1. The van der Waals surface area contributed by atoms with E-state index >= 15 is 0 Å². The molecule has 0 radical (unpaired) electrons. The first-order valence-corrected chi connectivity index (χ1v) is 5.20. The molecule has 0 spiro atoms. The number of halogens is 1. The summed E-state index contributed by atoms with van der Waals surface area (Å²) in [7, 11) is 0. The number of benzene rings is 1. The van der Waals surface area contributed by atoms with E-state index in [2.05, 4.69) is 21.2 Å². The zero-order valence-corrected chi connectivity index (χ0v) is 9.04. The van der Waals surface area contributed by atoms with Crippen molar-refractivity contribution < 1.29 is 9.90 Å². The Balaban J connectivity index is 2.33. The number of rotatable bonds is 1. The third kappa shape index (κ3) is 1.67. The van der Waals surface area contributed by atoms with E-state index in [4.69, 9.17) is 5.11 Å². The molecule has 4 heteroatoms. The van der Waals surface area contributed by atoms with Crippen LogP contribution in [0.15, 0.2) is 22.7 Å². The average Bonchev–Trinajstić information content (AvgIpc) is 2.18. The SMILES string of the molecule is O=C(O)[C@H]1Cc2c(Br)cccc2CN1. The minimum absolute atomic E-state index is 0.457. The molecule has 2 N–H and O–H groups in total. The van der Waals surface area contributed by atoms with Crippen LogP contribution in [0.1, 0.15) is 11.1 Å². The van der Waals surface area contributed by atoms with Crippen LogP contribution in [0, 0.1) is 0 Å². The second-order valence-electron chi connectivity index (χ2n) is 3.35. The molecule has 2 rings (SSSR count). The lowest BCUT2D eigenvalue weighted by atomic mass is 9.96. The molecule has 1 heterocycles. The zero-order chi connectivity index (χ0) is 10.1. The average molecular weight is 256 g/mol. The van der Waals surface area contributed by atoms with Crippen LogP contribution in [0.3, 0.4) is 0 Å². The summed E-state index contributed by atoms with van der Waals surface area (Å²) in [6, 6.07) is 5.47. The fraction of sp³-hybridized carbons (Fsp3) is 0.300. The van der Waals surface area contributed by atoms with E-state index in [1.54, 1.807) is 0 Å². The highest BCUT2D eigenvalue weighted by Gasteiger charge is 2.24. The molecular formula is C10H10BrNO2. The van der Waals surface area contributed by atoms with Crippen molar-refractivity contribution in [3.8, 4) is 0 Å². The lowest BCUT2D eigenvalue weighted by Crippen LogP contribution is -2.41. The number of aliphatic carboxylic acids is 1. The second kappa shape index (κ2) is 3.71. The van der Waals surface area contributed by atoms with Crippen molar-refractivity contribution in [2.75, 3.05) is 0 Å². The molecule has 0 saturated carbocycles. The molecule has 3 nitrogen and oxygen atoms in total. The Bertz CT molecular complexity index is 378. The standard InChI is InChI=1S/C10H10BrNO2/c11-8-3-1-2-6-5-12-9(10(13)14)4-7(6)8/h1-3,9,12H,4-5H2,(H,13,14)/t9-/m1/s1. The Morgan fingerprint density at radius 1 is 1.57 bits per heavy atom. The molecule has 1 aliphatic heterocycles. The predicted octanol–water partition coefficient (Wildman–Crippen LogP) is 1.55. The third-order valence-corrected chi connectivity index (χ3v) is 3.20. The largest absolute Gasteiger partial charge is 0.480 e. The molecule has 0 unspecified atom stereocenters. The first-order valence-electron chi connectivity index (χ1n) is 4.41. The molecule has 0 fully saturated rings. The summed E-state index contributed by atoms with van der Waals surface area (Å²) in [5.74, 6) is -0.786. The van der Waals surface area contributed by atoms with Gasteiger partial charge in [-0.2, -0.15) is 0 Å². The van der Waals surface area contributed by atoms with Gasteiger partial charge in [0, 0.05) is 11.0 Å². The van der Waals surface area contributed by atoms with E-state index in [0.717, 1.165) is 10.0 Å². The van der Waals surface area contributed by atoms with Crippen LogP contribution in [-0.4, -0.2) is 17.1 Å². The van der Waals surface area contributed by atoms with Crippen LogP contribution < -0.4 is 5.32 Å². The Morgan fingerprint density at radius 3 is 3.07 bits per heavy atom. The predicted molar refractivity (Wildman–Crippen MR) is 56.1 cm³/mol. The highest BCUT2D eigenvalue weighted by atomic mass is 79.9. The highest BCUT2D eigenvalue weighted by Crippen LogP contribution is 2.25. The van der Waals surface area contributed by atoms with Crippen molar-refractivity contribution in [2.45, 2.75) is 19.0 Å². The van der Waals surface area contributed by atoms with Gasteiger partial charge in [0.15, 0.2) is 0 Å². The maximum atomic E-state index is 10.8. The summed E-state index contributed by atoms with van der Waals surface area (Å²) < 4.78 is 1.00. The Morgan fingerprint density at radius 2 is 2.36 bits per heavy atom. The lowest BCUT2D eigenvalue weighted by Gasteiger charge is -2.23. The van der Waals surface area contributed by atoms with E-state index < -0.39 is 12.0 Å². The number of hydrogen-bond acceptors (Lipinski definition) is 2. The van der Waals surface area contributed by atoms with Crippen LogP contribution in [0.4, 0.5) is 0 Å². The summed E-state index contributed by atoms with van der Waals surface area (Å²) >= 11 is 3.44. The quantitative estimate of drug-likeness (QED) is 0.801. The molecule has 1 aliphatic rings. The van der Waals surface area contributed by atoms with Crippen LogP contribution in [0.25, 0.3) is 0 Å². The van der Waals surface area contributed by atoms with Gasteiger partial charge in [-0.15, -0.1) is 0 Å². The molecule has 74 valence electrons. The molecule has 0 aromatic heterocycles. The van der Waals surface area contributed by atoms with Crippen molar-refractivity contribution in [1.82, 2.24) is 5.32 Å². The smallest absolute Gasteiger partial charge is 0.321 e. The van der Waals surface area contributed by atoms with E-state index in [0.29, 0.717) is 13.0 Å². The van der Waals surface area contributed by atoms with Crippen LogP contribution in [0.2, 0.25) is 0 Å². The number of carboxylic acids is 1. The number of hydrogen-bond donors (Lipinski definition) is 2. The minimum Gasteiger partial charge on any atom is -0.480 e. The van der Waals surface area contributed by atoms with Crippen molar-refractivity contribution in [2.24, 2.45) is 0 Å². The summed E-state index contributed by atoms with van der Waals surface area (Å²) in [5, 5.41) is 11.9. The minimum atomic E-state index is -0.786. The van der Waals surface area contributed by atoms with E-state index in [1.807, 2.05) is 18.2 Å². The van der Waals surface area contributed by atoms with Crippen LogP contribution in [-0.2, 0) is 17.8 Å². The molecular weight excluding hydrogens is 246 g/mol. The fourth-order valence-electron chi connectivity index (χ4n) is 1.68. The van der Waals surface area contributed by atoms with Crippen molar-refractivity contribution in [1.29, 1.82) is 0 Å². The van der Waals surface area contributed by atoms with Crippen molar-refractivity contribution >= 4 is 21.9 Å². The Labute approximate surface area is 90.3 Å². The Kier molecular flexibility index (Phi) is 2.56. The second-order valence-corrected chi connectivity index (χ2v) is 4.21. The normalized spacial score (nSPS) is 20.2. The van der Waals surface area contributed by atoms with Gasteiger partial charge in [0.05, 0.1) is 0 Å². The summed E-state index contributed by atoms with van der Waals surface area (Å²) in [6.45, 7) is 0.631. The van der Waals surface area contributed by atoms with E-state index in [-0.39, 0.29) is 0 Å². The van der Waals surface area contributed by atoms with Gasteiger partial charge >= 0.3 is 5.97 Å². The first kappa shape index (κ1) is 9.68. The highest BCUT2D eigenvalue weighted by molar-refractivity contribution is 9.10. The summed E-state index contributed by atoms with van der Waals surface area (Å²) in [6.07, 6.45) is 0.548. The van der Waals surface area contributed by atoms with Crippen LogP contribution in [0.5, 0.6) is 0 Å². The fourth-order valence-corrected chi connectivity index (χ4v) is 2.25. The molecule has 0 amide bonds. The zero-order valence-electron chi connectivity index (χ0n) is 7.46. The third-order valence-electron chi connectivity index (χ3n) is 2.46. The van der Waals surface area contributed by atoms with Gasteiger partial charge in [-0.3, -0.25) is 4.79 Å². The van der Waals surface area contributed by atoms with E-state index in [9.17, 15) is 4.79 Å². The molecule has 0 aliphatic carbocycles. The van der Waals surface area contributed by atoms with Crippen molar-refractivity contribution in [3.63, 3.8) is 0 Å². The number of nitrogens with one attached hydrogen (secondary N) is 1. The van der Waals surface area contributed by atoms with Crippen LogP contribution >= 0.6 is 15.9 Å². The van der Waals surface area contributed by atoms with Gasteiger partial charge in [0.2, 0.25) is 0 Å². The van der Waals surface area contributed by atoms with E-state index in [1.165, 1.54) is 5.56 Å². The van der Waals surface area contributed by atoms with Gasteiger partial charge in [0.25, 0.3) is 0 Å². The number of carboxylic acid groups (broad SMARTS) is 1. The van der Waals surface area contributed by atoms with Gasteiger partial charge in [0.1, 0.15) is 6.04 Å².